The van der Waals surface area contributed by atoms with Crippen molar-refractivity contribution in [3.8, 4) is 6.01 Å². The van der Waals surface area contributed by atoms with Crippen molar-refractivity contribution in [3.63, 3.8) is 0 Å². The number of hydrogen-bond acceptors (Lipinski definition) is 8. The number of amides is 2. The molecule has 0 saturated carbocycles. The number of halogens is 5. The molecule has 3 N–H and O–H groups in total. The van der Waals surface area contributed by atoms with Gasteiger partial charge in [0.15, 0.2) is 0 Å². The quantitative estimate of drug-likeness (QED) is 0.352. The number of methoxy groups -OCH3 is 1. The third-order valence-corrected chi connectivity index (χ3v) is 6.02. The second kappa shape index (κ2) is 11.4. The third kappa shape index (κ3) is 6.52. The van der Waals surface area contributed by atoms with Gasteiger partial charge in [-0.15, -0.1) is 0 Å². The molecule has 1 aromatic carbocycles. The average molecular weight is 569 g/mol. The summed E-state index contributed by atoms with van der Waals surface area (Å²) in [7, 11) is 1.37. The Morgan fingerprint density at radius 3 is 2.51 bits per heavy atom. The highest BCUT2D eigenvalue weighted by Gasteiger charge is 2.44. The molecule has 2 amide bonds. The van der Waals surface area contributed by atoms with E-state index in [-0.39, 0.29) is 59.8 Å². The van der Waals surface area contributed by atoms with E-state index in [1.54, 1.807) is 0 Å². The second-order valence-electron chi connectivity index (χ2n) is 8.45. The van der Waals surface area contributed by atoms with E-state index in [2.05, 4.69) is 30.9 Å². The molecule has 10 nitrogen and oxygen atoms in total. The molecule has 206 valence electrons. The van der Waals surface area contributed by atoms with E-state index in [1.165, 1.54) is 25.6 Å². The van der Waals surface area contributed by atoms with E-state index in [0.717, 1.165) is 24.4 Å². The van der Waals surface area contributed by atoms with Crippen LogP contribution >= 0.6 is 11.6 Å². The van der Waals surface area contributed by atoms with Gasteiger partial charge in [0.05, 0.1) is 54.7 Å². The molecule has 2 aromatic heterocycles. The van der Waals surface area contributed by atoms with Crippen LogP contribution in [-0.4, -0.2) is 52.6 Å². The van der Waals surface area contributed by atoms with Gasteiger partial charge in [0.2, 0.25) is 5.91 Å². The first-order chi connectivity index (χ1) is 18.5. The highest BCUT2D eigenvalue weighted by Crippen LogP contribution is 2.37. The number of nitrogens with zero attached hydrogens (tertiary/aromatic N) is 3. The first-order valence-corrected chi connectivity index (χ1v) is 11.7. The molecule has 1 unspecified atom stereocenters. The lowest BCUT2D eigenvalue weighted by atomic mass is 9.96. The van der Waals surface area contributed by atoms with E-state index in [0.29, 0.717) is 0 Å². The number of benzene rings is 1. The zero-order valence-electron chi connectivity index (χ0n) is 20.2. The van der Waals surface area contributed by atoms with Gasteiger partial charge in [-0.05, 0) is 18.2 Å². The maximum absolute atomic E-state index is 14.8. The summed E-state index contributed by atoms with van der Waals surface area (Å²) < 4.78 is 65.0. The fraction of sp³-hybridized carbons (Fsp3) is 0.292. The monoisotopic (exact) mass is 568 g/mol. The van der Waals surface area contributed by atoms with Crippen LogP contribution in [0.25, 0.3) is 0 Å². The van der Waals surface area contributed by atoms with E-state index in [4.69, 9.17) is 21.1 Å². The Morgan fingerprint density at radius 1 is 1.15 bits per heavy atom. The van der Waals surface area contributed by atoms with Gasteiger partial charge >= 0.3 is 12.2 Å². The molecule has 0 radical (unpaired) electrons. The molecule has 1 atom stereocenters. The predicted octanol–water partition coefficient (Wildman–Crippen LogP) is 3.64. The molecular formula is C24H21ClF4N6O4. The van der Waals surface area contributed by atoms with Crippen LogP contribution in [0.4, 0.5) is 28.9 Å². The Morgan fingerprint density at radius 2 is 1.90 bits per heavy atom. The van der Waals surface area contributed by atoms with Gasteiger partial charge in [-0.25, -0.2) is 14.4 Å². The zero-order valence-corrected chi connectivity index (χ0v) is 21.0. The Hall–Kier alpha value is -4.04. The fourth-order valence-electron chi connectivity index (χ4n) is 3.74. The SMILES string of the molecule is COc1ncc(C(=O)NC2(C(=O)NCc3ncc(Nc4ccc(Cl)cc4C(F)(F)F)cc3F)CCOC2)cn1. The molecule has 0 aliphatic carbocycles. The number of pyridine rings is 1. The van der Waals surface area contributed by atoms with Gasteiger partial charge in [-0.3, -0.25) is 14.6 Å². The maximum Gasteiger partial charge on any atom is 0.418 e. The van der Waals surface area contributed by atoms with Crippen molar-refractivity contribution in [1.82, 2.24) is 25.6 Å². The van der Waals surface area contributed by atoms with Crippen LogP contribution in [0.15, 0.2) is 42.9 Å². The molecular weight excluding hydrogens is 548 g/mol. The predicted molar refractivity (Wildman–Crippen MR) is 130 cm³/mol. The van der Waals surface area contributed by atoms with Crippen molar-refractivity contribution >= 4 is 34.8 Å². The minimum Gasteiger partial charge on any atom is -0.467 e. The summed E-state index contributed by atoms with van der Waals surface area (Å²) in [5, 5.41) is 7.54. The molecule has 3 heterocycles. The summed E-state index contributed by atoms with van der Waals surface area (Å²) in [5.41, 5.74) is -2.94. The van der Waals surface area contributed by atoms with Crippen LogP contribution in [0.2, 0.25) is 5.02 Å². The highest BCUT2D eigenvalue weighted by molar-refractivity contribution is 6.30. The van der Waals surface area contributed by atoms with Crippen molar-refractivity contribution in [3.05, 3.63) is 70.5 Å². The van der Waals surface area contributed by atoms with Gasteiger partial charge in [-0.1, -0.05) is 11.6 Å². The Balaban J connectivity index is 1.43. The number of rotatable bonds is 8. The van der Waals surface area contributed by atoms with Crippen molar-refractivity contribution in [2.75, 3.05) is 25.6 Å². The van der Waals surface area contributed by atoms with E-state index >= 15 is 0 Å². The summed E-state index contributed by atoms with van der Waals surface area (Å²) in [6.45, 7) is -0.281. The standard InChI is InChI=1S/C24H21ClF4N6O4/c1-38-22-32-8-13(9-33-22)20(36)35-23(4-5-39-12-23)21(37)31-11-19-17(26)7-15(10-30-19)34-18-3-2-14(25)6-16(18)24(27,28)29/h2-3,6-10,34H,4-5,11-12H2,1H3,(H,31,37)(H,35,36). The van der Waals surface area contributed by atoms with Crippen LogP contribution < -0.4 is 20.7 Å². The lowest BCUT2D eigenvalue weighted by Gasteiger charge is -2.27. The van der Waals surface area contributed by atoms with Crippen molar-refractivity contribution in [2.24, 2.45) is 0 Å². The van der Waals surface area contributed by atoms with E-state index in [9.17, 15) is 27.2 Å². The summed E-state index contributed by atoms with van der Waals surface area (Å²) in [6.07, 6.45) is -0.945. The van der Waals surface area contributed by atoms with Gasteiger partial charge in [0, 0.05) is 36.5 Å². The summed E-state index contributed by atoms with van der Waals surface area (Å²) in [5.74, 6) is -2.14. The second-order valence-corrected chi connectivity index (χ2v) is 8.88. The fourth-order valence-corrected chi connectivity index (χ4v) is 3.91. The zero-order chi connectivity index (χ0) is 28.2. The minimum atomic E-state index is -4.70. The summed E-state index contributed by atoms with van der Waals surface area (Å²) >= 11 is 5.68. The first kappa shape index (κ1) is 28.0. The van der Waals surface area contributed by atoms with Crippen molar-refractivity contribution < 1.29 is 36.6 Å². The average Bonchev–Trinajstić information content (AvgIpc) is 3.38. The molecule has 1 aliphatic heterocycles. The highest BCUT2D eigenvalue weighted by atomic mass is 35.5. The van der Waals surface area contributed by atoms with Crippen LogP contribution in [-0.2, 0) is 22.3 Å². The molecule has 1 fully saturated rings. The summed E-state index contributed by atoms with van der Waals surface area (Å²) in [4.78, 5) is 37.4. The van der Waals surface area contributed by atoms with Crippen molar-refractivity contribution in [1.29, 1.82) is 0 Å². The number of hydrogen-bond donors (Lipinski definition) is 3. The first-order valence-electron chi connectivity index (χ1n) is 11.3. The molecule has 0 spiro atoms. The molecule has 1 saturated heterocycles. The number of anilines is 2. The number of nitrogens with one attached hydrogen (secondary N) is 3. The lowest BCUT2D eigenvalue weighted by molar-refractivity contribution is -0.137. The van der Waals surface area contributed by atoms with Gasteiger partial charge < -0.3 is 25.4 Å². The topological polar surface area (TPSA) is 127 Å². The number of aromatic nitrogens is 3. The normalized spacial score (nSPS) is 17.0. The maximum atomic E-state index is 14.8. The summed E-state index contributed by atoms with van der Waals surface area (Å²) in [6, 6.07) is 4.14. The number of ether oxygens (including phenoxy) is 2. The molecule has 39 heavy (non-hydrogen) atoms. The van der Waals surface area contributed by atoms with Crippen LogP contribution in [0.3, 0.4) is 0 Å². The van der Waals surface area contributed by atoms with Gasteiger partial charge in [0.25, 0.3) is 5.91 Å². The molecule has 4 rings (SSSR count). The van der Waals surface area contributed by atoms with Crippen LogP contribution in [0, 0.1) is 5.82 Å². The van der Waals surface area contributed by atoms with Crippen molar-refractivity contribution in [2.45, 2.75) is 24.7 Å². The number of alkyl halides is 3. The smallest absolute Gasteiger partial charge is 0.418 e. The third-order valence-electron chi connectivity index (χ3n) is 5.78. The van der Waals surface area contributed by atoms with Crippen LogP contribution in [0.1, 0.15) is 28.0 Å². The molecule has 0 bridgehead atoms. The Kier molecular flexibility index (Phi) is 8.16. The molecule has 1 aliphatic rings. The van der Waals surface area contributed by atoms with E-state index in [1.807, 2.05) is 0 Å². The minimum absolute atomic E-state index is 0.0509. The van der Waals surface area contributed by atoms with E-state index < -0.39 is 34.9 Å². The number of carbonyl (C=O) groups excluding carboxylic acids is 2. The number of carbonyl (C=O) groups is 2. The molecule has 3 aromatic rings. The van der Waals surface area contributed by atoms with Crippen LogP contribution in [0.5, 0.6) is 6.01 Å². The van der Waals surface area contributed by atoms with Gasteiger partial charge in [0.1, 0.15) is 11.4 Å². The largest absolute Gasteiger partial charge is 0.467 e. The lowest BCUT2D eigenvalue weighted by Crippen LogP contribution is -2.59. The Bertz CT molecular complexity index is 1370. The Labute approximate surface area is 224 Å². The van der Waals surface area contributed by atoms with Gasteiger partial charge in [-0.2, -0.15) is 13.2 Å². The molecule has 15 heteroatoms.